The fourth-order valence-corrected chi connectivity index (χ4v) is 8.29. The van der Waals surface area contributed by atoms with Crippen LogP contribution < -0.4 is 26.4 Å². The van der Waals surface area contributed by atoms with E-state index in [1.807, 2.05) is 31.3 Å². The second kappa shape index (κ2) is 24.7. The quantitative estimate of drug-likeness (QED) is 0.0431. The van der Waals surface area contributed by atoms with Crippen LogP contribution in [0.1, 0.15) is 86.8 Å². The number of nitrogens with zero attached hydrogens (tertiary/aromatic N) is 1. The number of nitrogens with two attached hydrogens (primary N) is 1. The average molecular weight is 923 g/mol. The summed E-state index contributed by atoms with van der Waals surface area (Å²) in [5.74, 6) is -4.16. The van der Waals surface area contributed by atoms with E-state index >= 15 is 0 Å². The molecular formula is C52H64ClN5O8. The fourth-order valence-electron chi connectivity index (χ4n) is 8.16. The van der Waals surface area contributed by atoms with E-state index < -0.39 is 47.4 Å². The maximum atomic E-state index is 14.9. The highest BCUT2D eigenvalue weighted by Crippen LogP contribution is 2.40. The van der Waals surface area contributed by atoms with E-state index in [0.29, 0.717) is 77.5 Å². The van der Waals surface area contributed by atoms with Gasteiger partial charge in [0.1, 0.15) is 29.9 Å². The number of amides is 2. The smallest absolute Gasteiger partial charge is 0.226 e. The van der Waals surface area contributed by atoms with E-state index in [4.69, 9.17) is 22.1 Å². The van der Waals surface area contributed by atoms with Crippen LogP contribution in [-0.2, 0) is 30.4 Å². The number of Topliss-reactive ketones (excluding diaryl/α,β-unsaturated/α-hetero) is 4. The molecule has 14 heteroatoms. The van der Waals surface area contributed by atoms with E-state index in [9.17, 15) is 33.9 Å². The van der Waals surface area contributed by atoms with Crippen LogP contribution in [0.4, 0.5) is 0 Å². The Morgan fingerprint density at radius 1 is 0.894 bits per heavy atom. The van der Waals surface area contributed by atoms with Crippen molar-refractivity contribution in [2.24, 2.45) is 23.5 Å². The molecule has 0 aromatic heterocycles. The van der Waals surface area contributed by atoms with Crippen LogP contribution in [0.2, 0.25) is 5.02 Å². The highest BCUT2D eigenvalue weighted by Gasteiger charge is 2.36. The van der Waals surface area contributed by atoms with Gasteiger partial charge in [-0.2, -0.15) is 0 Å². The molecule has 1 aliphatic heterocycles. The van der Waals surface area contributed by atoms with Crippen LogP contribution in [0.25, 0.3) is 22.3 Å². The summed E-state index contributed by atoms with van der Waals surface area (Å²) in [6.45, 7) is 7.34. The monoisotopic (exact) mass is 921 g/mol. The van der Waals surface area contributed by atoms with Crippen molar-refractivity contribution in [2.75, 3.05) is 46.9 Å². The molecule has 0 unspecified atom stereocenters. The molecule has 1 aliphatic rings. The van der Waals surface area contributed by atoms with Crippen LogP contribution in [0.15, 0.2) is 84.9 Å². The second-order valence-corrected chi connectivity index (χ2v) is 17.8. The van der Waals surface area contributed by atoms with Gasteiger partial charge in [0.25, 0.3) is 0 Å². The minimum absolute atomic E-state index is 0.0605. The molecule has 0 radical (unpaired) electrons. The number of fused-ring (bicyclic) bond motifs is 5. The Balaban J connectivity index is 1.55. The predicted octanol–water partition coefficient (Wildman–Crippen LogP) is 6.91. The van der Waals surface area contributed by atoms with Crippen molar-refractivity contribution in [2.45, 2.75) is 77.8 Å². The van der Waals surface area contributed by atoms with Crippen molar-refractivity contribution < 1.29 is 38.6 Å². The molecule has 6 N–H and O–H groups in total. The first kappa shape index (κ1) is 51.3. The van der Waals surface area contributed by atoms with Crippen LogP contribution in [0.5, 0.6) is 11.5 Å². The largest absolute Gasteiger partial charge is 0.507 e. The lowest BCUT2D eigenvalue weighted by Crippen LogP contribution is -2.46. The third-order valence-electron chi connectivity index (χ3n) is 12.3. The summed E-state index contributed by atoms with van der Waals surface area (Å²) in [6, 6.07) is 22.3. The summed E-state index contributed by atoms with van der Waals surface area (Å²) in [4.78, 5) is 84.8. The van der Waals surface area contributed by atoms with Gasteiger partial charge in [0, 0.05) is 85.4 Å². The molecule has 0 spiro atoms. The summed E-state index contributed by atoms with van der Waals surface area (Å²) < 4.78 is 6.31. The fraction of sp³-hybridized carbons (Fsp3) is 0.423. The number of ketones is 4. The summed E-state index contributed by atoms with van der Waals surface area (Å²) in [5.41, 5.74) is 9.96. The Kier molecular flexibility index (Phi) is 19.2. The number of rotatable bonds is 21. The zero-order chi connectivity index (χ0) is 47.9. The van der Waals surface area contributed by atoms with Gasteiger partial charge >= 0.3 is 0 Å². The van der Waals surface area contributed by atoms with Gasteiger partial charge in [0.05, 0.1) is 6.04 Å². The Labute approximate surface area is 393 Å². The molecule has 5 rings (SSSR count). The van der Waals surface area contributed by atoms with Gasteiger partial charge in [-0.3, -0.25) is 28.8 Å². The maximum Gasteiger partial charge on any atom is 0.226 e. The number of benzene rings is 4. The number of hydrogen-bond acceptors (Lipinski definition) is 11. The third kappa shape index (κ3) is 13.9. The van der Waals surface area contributed by atoms with Crippen molar-refractivity contribution in [1.82, 2.24) is 20.9 Å². The topological polar surface area (TPSA) is 197 Å². The maximum absolute atomic E-state index is 14.9. The zero-order valence-electron chi connectivity index (χ0n) is 38.7. The van der Waals surface area contributed by atoms with Crippen LogP contribution >= 0.6 is 11.6 Å². The summed E-state index contributed by atoms with van der Waals surface area (Å²) >= 11 is 6.09. The number of nitrogens with one attached hydrogen (secondary N) is 3. The van der Waals surface area contributed by atoms with Crippen LogP contribution in [-0.4, -0.2) is 97.9 Å². The number of carbonyl (C=O) groups excluding carboxylic acids is 6. The lowest BCUT2D eigenvalue weighted by atomic mass is 9.87. The highest BCUT2D eigenvalue weighted by atomic mass is 35.5. The summed E-state index contributed by atoms with van der Waals surface area (Å²) in [5, 5.41) is 21.3. The van der Waals surface area contributed by atoms with Crippen LogP contribution in [0.3, 0.4) is 0 Å². The molecule has 4 aromatic carbocycles. The van der Waals surface area contributed by atoms with Gasteiger partial charge in [-0.1, -0.05) is 80.4 Å². The summed E-state index contributed by atoms with van der Waals surface area (Å²) in [7, 11) is 3.40. The first-order valence-electron chi connectivity index (χ1n) is 22.8. The number of ether oxygens (including phenoxy) is 1. The standard InChI is InChI=1S/C52H64ClN5O8/c1-32(34(3)59)26-47(62)44-29-35-9-19-45(60)42(28-35)43-30-39(16-20-49(43)66-25-24-56-23-22-55-4)50(48(63)27-33(2)51(64)57-44)58(5)52(65)40(8-6-7-21-54)31-46(61)38-12-10-36(11-13-38)37-14-17-41(53)18-15-37/h9-20,28,30,32-33,40,44,50,55-56,60H,6-8,21-27,29,31,54H2,1-5H3,(H,57,64)/t32-,33-,40-,44+,50+/m1/s1. The van der Waals surface area contributed by atoms with E-state index in [2.05, 4.69) is 16.0 Å². The zero-order valence-corrected chi connectivity index (χ0v) is 39.4. The number of likely N-dealkylation sites (N-methyl/N-ethyl adjacent to an activating group) is 2. The first-order chi connectivity index (χ1) is 31.6. The van der Waals surface area contributed by atoms with Gasteiger partial charge in [-0.05, 0) is 98.4 Å². The van der Waals surface area contributed by atoms with E-state index in [1.54, 1.807) is 68.4 Å². The summed E-state index contributed by atoms with van der Waals surface area (Å²) in [6.07, 6.45) is 1.09. The Hall–Kier alpha value is -5.73. The molecule has 66 heavy (non-hydrogen) atoms. The molecule has 5 atom stereocenters. The van der Waals surface area contributed by atoms with Crippen molar-refractivity contribution in [3.05, 3.63) is 107 Å². The highest BCUT2D eigenvalue weighted by molar-refractivity contribution is 6.30. The number of phenols is 1. The number of phenolic OH excluding ortho intramolecular Hbond substituents is 1. The van der Waals surface area contributed by atoms with Crippen molar-refractivity contribution in [3.63, 3.8) is 0 Å². The number of carbonyl (C=O) groups is 6. The average Bonchev–Trinajstić information content (AvgIpc) is 3.30. The first-order valence-corrected chi connectivity index (χ1v) is 23.2. The molecule has 0 fully saturated rings. The third-order valence-corrected chi connectivity index (χ3v) is 12.5. The predicted molar refractivity (Wildman–Crippen MR) is 257 cm³/mol. The lowest BCUT2D eigenvalue weighted by Gasteiger charge is -2.32. The van der Waals surface area contributed by atoms with Crippen molar-refractivity contribution in [1.29, 1.82) is 0 Å². The van der Waals surface area contributed by atoms with Crippen molar-refractivity contribution >= 4 is 46.5 Å². The Bertz CT molecular complexity index is 2340. The lowest BCUT2D eigenvalue weighted by molar-refractivity contribution is -0.142. The Morgan fingerprint density at radius 3 is 2.26 bits per heavy atom. The minimum Gasteiger partial charge on any atom is -0.507 e. The normalized spacial score (nSPS) is 17.2. The van der Waals surface area contributed by atoms with Gasteiger partial charge in [0.2, 0.25) is 11.8 Å². The van der Waals surface area contributed by atoms with Gasteiger partial charge in [0.15, 0.2) is 17.3 Å². The number of halogens is 1. The number of unbranched alkanes of at least 4 members (excludes halogenated alkanes) is 1. The molecule has 0 aliphatic carbocycles. The SMILES string of the molecule is CNCCNCCOc1ccc2cc1-c1cc(ccc1O)C[C@@H](C(=O)C[C@@H](C)C(C)=O)NC(=O)[C@H](C)CC(=O)[C@H]2N(C)C(=O)[C@H](CCCCN)CC(=O)c1ccc(-c2ccc(Cl)cc2)cc1. The number of hydrogen-bond donors (Lipinski definition) is 5. The van der Waals surface area contributed by atoms with E-state index in [0.717, 1.165) is 17.7 Å². The molecule has 352 valence electrons. The van der Waals surface area contributed by atoms with Gasteiger partial charge < -0.3 is 36.4 Å². The minimum atomic E-state index is -1.23. The number of aromatic hydroxyl groups is 1. The molecule has 4 bridgehead atoms. The van der Waals surface area contributed by atoms with Crippen molar-refractivity contribution in [3.8, 4) is 33.8 Å². The van der Waals surface area contributed by atoms with E-state index in [1.165, 1.54) is 24.9 Å². The second-order valence-electron chi connectivity index (χ2n) is 17.4. The molecular weight excluding hydrogens is 858 g/mol. The van der Waals surface area contributed by atoms with E-state index in [-0.39, 0.29) is 55.4 Å². The molecule has 0 saturated heterocycles. The molecule has 0 saturated carbocycles. The van der Waals surface area contributed by atoms with Gasteiger partial charge in [-0.15, -0.1) is 0 Å². The van der Waals surface area contributed by atoms with Gasteiger partial charge in [-0.25, -0.2) is 0 Å². The Morgan fingerprint density at radius 2 is 1.59 bits per heavy atom. The van der Waals surface area contributed by atoms with Crippen LogP contribution in [0, 0.1) is 17.8 Å². The molecule has 13 nitrogen and oxygen atoms in total. The molecule has 2 amide bonds. The molecule has 4 aromatic rings. The molecule has 1 heterocycles.